The SMILES string of the molecule is COc1ccc(Br)cc1/C=C/C(=O)N1CCN(CCS(C)(=O)=O)CC1. The number of halogens is 1. The molecule has 1 heterocycles. The molecule has 0 radical (unpaired) electrons. The van der Waals surface area contributed by atoms with Gasteiger partial charge < -0.3 is 9.64 Å². The van der Waals surface area contributed by atoms with Crippen LogP contribution >= 0.6 is 15.9 Å². The Kier molecular flexibility index (Phi) is 7.04. The highest BCUT2D eigenvalue weighted by Gasteiger charge is 2.20. The lowest BCUT2D eigenvalue weighted by Gasteiger charge is -2.34. The number of sulfone groups is 1. The number of ether oxygens (including phenoxy) is 1. The smallest absolute Gasteiger partial charge is 0.246 e. The predicted molar refractivity (Wildman–Crippen MR) is 102 cm³/mol. The van der Waals surface area contributed by atoms with Gasteiger partial charge in [-0.05, 0) is 24.3 Å². The van der Waals surface area contributed by atoms with E-state index in [-0.39, 0.29) is 11.7 Å². The summed E-state index contributed by atoms with van der Waals surface area (Å²) in [6.07, 6.45) is 4.55. The van der Waals surface area contributed by atoms with Crippen LogP contribution in [0.25, 0.3) is 6.08 Å². The molecule has 1 aliphatic heterocycles. The van der Waals surface area contributed by atoms with Gasteiger partial charge in [0.25, 0.3) is 0 Å². The van der Waals surface area contributed by atoms with Gasteiger partial charge in [0, 0.05) is 55.1 Å². The minimum absolute atomic E-state index is 0.0511. The van der Waals surface area contributed by atoms with Crippen molar-refractivity contribution in [3.63, 3.8) is 0 Å². The summed E-state index contributed by atoms with van der Waals surface area (Å²) < 4.78 is 28.7. The number of hydrogen-bond acceptors (Lipinski definition) is 5. The van der Waals surface area contributed by atoms with Gasteiger partial charge in [0.2, 0.25) is 5.91 Å². The molecule has 0 aromatic heterocycles. The van der Waals surface area contributed by atoms with Crippen molar-refractivity contribution in [1.82, 2.24) is 9.80 Å². The van der Waals surface area contributed by atoms with Gasteiger partial charge >= 0.3 is 0 Å². The number of hydrogen-bond donors (Lipinski definition) is 0. The van der Waals surface area contributed by atoms with Gasteiger partial charge in [-0.3, -0.25) is 9.69 Å². The fraction of sp³-hybridized carbons (Fsp3) is 0.471. The molecule has 0 aliphatic carbocycles. The van der Waals surface area contributed by atoms with Crippen molar-refractivity contribution >= 4 is 37.8 Å². The summed E-state index contributed by atoms with van der Waals surface area (Å²) in [5.41, 5.74) is 0.831. The maximum Gasteiger partial charge on any atom is 0.246 e. The molecule has 1 aromatic carbocycles. The maximum atomic E-state index is 12.4. The second kappa shape index (κ2) is 8.82. The quantitative estimate of drug-likeness (QED) is 0.641. The fourth-order valence-corrected chi connectivity index (χ4v) is 3.56. The van der Waals surface area contributed by atoms with E-state index < -0.39 is 9.84 Å². The summed E-state index contributed by atoms with van der Waals surface area (Å²) in [6.45, 7) is 3.10. The Bertz CT molecular complexity index is 741. The molecule has 6 nitrogen and oxygen atoms in total. The second-order valence-electron chi connectivity index (χ2n) is 6.02. The molecule has 0 spiro atoms. The zero-order valence-electron chi connectivity index (χ0n) is 14.4. The molecule has 2 rings (SSSR count). The van der Waals surface area contributed by atoms with E-state index in [2.05, 4.69) is 20.8 Å². The lowest BCUT2D eigenvalue weighted by Crippen LogP contribution is -2.49. The van der Waals surface area contributed by atoms with E-state index in [0.717, 1.165) is 10.0 Å². The average Bonchev–Trinajstić information content (AvgIpc) is 2.58. The summed E-state index contributed by atoms with van der Waals surface area (Å²) in [5.74, 6) is 0.811. The van der Waals surface area contributed by atoms with Crippen LogP contribution in [0.3, 0.4) is 0 Å². The van der Waals surface area contributed by atoms with Crippen LogP contribution in [0, 0.1) is 0 Å². The molecule has 138 valence electrons. The first-order valence-electron chi connectivity index (χ1n) is 7.99. The van der Waals surface area contributed by atoms with Crippen molar-refractivity contribution in [2.24, 2.45) is 0 Å². The minimum atomic E-state index is -2.95. The molecule has 1 fully saturated rings. The number of rotatable bonds is 6. The molecule has 25 heavy (non-hydrogen) atoms. The lowest BCUT2D eigenvalue weighted by atomic mass is 10.2. The van der Waals surface area contributed by atoms with Crippen LogP contribution in [0.5, 0.6) is 5.75 Å². The van der Waals surface area contributed by atoms with Gasteiger partial charge in [-0.2, -0.15) is 0 Å². The highest BCUT2D eigenvalue weighted by atomic mass is 79.9. The van der Waals surface area contributed by atoms with Crippen molar-refractivity contribution in [2.45, 2.75) is 0 Å². The normalized spacial score (nSPS) is 16.4. The topological polar surface area (TPSA) is 66.9 Å². The van der Waals surface area contributed by atoms with Crippen molar-refractivity contribution in [2.75, 3.05) is 51.8 Å². The third-order valence-corrected chi connectivity index (χ3v) is 5.48. The predicted octanol–water partition coefficient (Wildman–Crippen LogP) is 1.66. The Morgan fingerprint density at radius 1 is 1.28 bits per heavy atom. The number of piperazine rings is 1. The van der Waals surface area contributed by atoms with E-state index in [1.54, 1.807) is 24.2 Å². The largest absolute Gasteiger partial charge is 0.496 e. The zero-order valence-corrected chi connectivity index (χ0v) is 16.8. The summed E-state index contributed by atoms with van der Waals surface area (Å²) in [7, 11) is -1.36. The number of carbonyl (C=O) groups excluding carboxylic acids is 1. The van der Waals surface area contributed by atoms with Gasteiger partial charge in [0.1, 0.15) is 15.6 Å². The molecule has 1 aliphatic rings. The van der Waals surface area contributed by atoms with Gasteiger partial charge in [-0.1, -0.05) is 15.9 Å². The van der Waals surface area contributed by atoms with E-state index in [0.29, 0.717) is 38.5 Å². The molecular weight excluding hydrogens is 408 g/mol. The van der Waals surface area contributed by atoms with E-state index in [9.17, 15) is 13.2 Å². The summed E-state index contributed by atoms with van der Waals surface area (Å²) in [6, 6.07) is 5.62. The fourth-order valence-electron chi connectivity index (χ4n) is 2.59. The Morgan fingerprint density at radius 2 is 1.96 bits per heavy atom. The Labute approximate surface area is 157 Å². The molecular formula is C17H23BrN2O4S. The van der Waals surface area contributed by atoms with E-state index in [1.807, 2.05) is 18.2 Å². The first-order valence-corrected chi connectivity index (χ1v) is 10.8. The van der Waals surface area contributed by atoms with Crippen molar-refractivity contribution in [3.8, 4) is 5.75 Å². The van der Waals surface area contributed by atoms with Crippen LogP contribution in [-0.4, -0.2) is 76.0 Å². The van der Waals surface area contributed by atoms with Gasteiger partial charge in [-0.15, -0.1) is 0 Å². The Balaban J connectivity index is 1.89. The highest BCUT2D eigenvalue weighted by Crippen LogP contribution is 2.24. The Morgan fingerprint density at radius 3 is 2.56 bits per heavy atom. The molecule has 0 N–H and O–H groups in total. The third kappa shape index (κ3) is 6.45. The van der Waals surface area contributed by atoms with Crippen LogP contribution in [-0.2, 0) is 14.6 Å². The van der Waals surface area contributed by atoms with Gasteiger partial charge in [-0.25, -0.2) is 8.42 Å². The zero-order chi connectivity index (χ0) is 18.4. The van der Waals surface area contributed by atoms with Crippen LogP contribution in [0.2, 0.25) is 0 Å². The monoisotopic (exact) mass is 430 g/mol. The Hall–Kier alpha value is -1.38. The van der Waals surface area contributed by atoms with Gasteiger partial charge in [0.15, 0.2) is 0 Å². The van der Waals surface area contributed by atoms with E-state index in [1.165, 1.54) is 6.26 Å². The standard InChI is InChI=1S/C17H23BrN2O4S/c1-24-16-5-4-15(18)13-14(16)3-6-17(21)20-9-7-19(8-10-20)11-12-25(2,22)23/h3-6,13H,7-12H2,1-2H3/b6-3+. The van der Waals surface area contributed by atoms with E-state index >= 15 is 0 Å². The molecule has 0 saturated carbocycles. The van der Waals surface area contributed by atoms with Crippen molar-refractivity contribution < 1.29 is 17.9 Å². The number of nitrogens with zero attached hydrogens (tertiary/aromatic N) is 2. The van der Waals surface area contributed by atoms with Crippen LogP contribution in [0.1, 0.15) is 5.56 Å². The summed E-state index contributed by atoms with van der Waals surface area (Å²) in [5, 5.41) is 0. The molecule has 1 amide bonds. The lowest BCUT2D eigenvalue weighted by molar-refractivity contribution is -0.127. The van der Waals surface area contributed by atoms with Crippen LogP contribution < -0.4 is 4.74 Å². The molecule has 1 aromatic rings. The van der Waals surface area contributed by atoms with Crippen LogP contribution in [0.4, 0.5) is 0 Å². The average molecular weight is 431 g/mol. The molecule has 1 saturated heterocycles. The number of carbonyl (C=O) groups is 1. The van der Waals surface area contributed by atoms with Crippen LogP contribution in [0.15, 0.2) is 28.7 Å². The van der Waals surface area contributed by atoms with Gasteiger partial charge in [0.05, 0.1) is 12.9 Å². The molecule has 8 heteroatoms. The number of methoxy groups -OCH3 is 1. The number of benzene rings is 1. The molecule has 0 unspecified atom stereocenters. The van der Waals surface area contributed by atoms with E-state index in [4.69, 9.17) is 4.74 Å². The minimum Gasteiger partial charge on any atom is -0.496 e. The highest BCUT2D eigenvalue weighted by molar-refractivity contribution is 9.10. The van der Waals surface area contributed by atoms with Crippen molar-refractivity contribution in [3.05, 3.63) is 34.3 Å². The van der Waals surface area contributed by atoms with Crippen molar-refractivity contribution in [1.29, 1.82) is 0 Å². The third-order valence-electron chi connectivity index (χ3n) is 4.06. The first kappa shape index (κ1) is 19.9. The molecule has 0 bridgehead atoms. The second-order valence-corrected chi connectivity index (χ2v) is 9.19. The first-order chi connectivity index (χ1) is 11.8. The molecule has 0 atom stereocenters. The maximum absolute atomic E-state index is 12.4. The summed E-state index contributed by atoms with van der Waals surface area (Å²) >= 11 is 3.41. The number of amides is 1. The summed E-state index contributed by atoms with van der Waals surface area (Å²) in [4.78, 5) is 16.2.